The van der Waals surface area contributed by atoms with Gasteiger partial charge in [-0.3, -0.25) is 0 Å². The molecule has 6 heteroatoms. The molecule has 0 radical (unpaired) electrons. The van der Waals surface area contributed by atoms with E-state index in [9.17, 15) is 9.90 Å². The number of aliphatic hydroxyl groups is 1. The molecule has 0 unspecified atom stereocenters. The molecule has 3 heterocycles. The lowest BCUT2D eigenvalue weighted by Crippen LogP contribution is -2.35. The van der Waals surface area contributed by atoms with E-state index >= 15 is 0 Å². The van der Waals surface area contributed by atoms with Crippen LogP contribution in [0.5, 0.6) is 0 Å². The van der Waals surface area contributed by atoms with Gasteiger partial charge in [0.1, 0.15) is 6.10 Å². The Labute approximate surface area is 86.1 Å². The summed E-state index contributed by atoms with van der Waals surface area (Å²) in [6.45, 7) is 3.52. The quantitative estimate of drug-likeness (QED) is 0.532. The number of carbonyl (C=O) groups excluding carboxylic acids is 1. The van der Waals surface area contributed by atoms with E-state index in [1.54, 1.807) is 13.8 Å². The lowest BCUT2D eigenvalue weighted by molar-refractivity contribution is -0.214. The van der Waals surface area contributed by atoms with Crippen molar-refractivity contribution in [1.82, 2.24) is 0 Å². The van der Waals surface area contributed by atoms with E-state index in [-0.39, 0.29) is 0 Å². The van der Waals surface area contributed by atoms with Gasteiger partial charge >= 0.3 is 5.97 Å². The van der Waals surface area contributed by atoms with Crippen molar-refractivity contribution < 1.29 is 28.8 Å². The first-order valence-electron chi connectivity index (χ1n) is 4.88. The summed E-state index contributed by atoms with van der Waals surface area (Å²) in [6, 6.07) is 0. The van der Waals surface area contributed by atoms with Crippen molar-refractivity contribution in [3.8, 4) is 0 Å². The third-order valence-corrected chi connectivity index (χ3v) is 2.83. The zero-order valence-electron chi connectivity index (χ0n) is 8.38. The summed E-state index contributed by atoms with van der Waals surface area (Å²) in [5.74, 6) is -1.39. The third kappa shape index (κ3) is 1.22. The molecule has 0 spiro atoms. The maximum atomic E-state index is 11.1. The van der Waals surface area contributed by atoms with Crippen molar-refractivity contribution in [1.29, 1.82) is 0 Å². The van der Waals surface area contributed by atoms with Crippen molar-refractivity contribution in [3.63, 3.8) is 0 Å². The average Bonchev–Trinajstić information content (AvgIpc) is 2.66. The fourth-order valence-electron chi connectivity index (χ4n) is 2.23. The van der Waals surface area contributed by atoms with Crippen LogP contribution in [-0.2, 0) is 23.7 Å². The molecular formula is C9H12O6. The molecule has 3 rings (SSSR count). The van der Waals surface area contributed by atoms with Gasteiger partial charge in [-0.15, -0.1) is 0 Å². The van der Waals surface area contributed by atoms with E-state index in [0.717, 1.165) is 0 Å². The molecule has 5 atom stereocenters. The summed E-state index contributed by atoms with van der Waals surface area (Å²) in [6.07, 6.45) is -3.44. The minimum Gasteiger partial charge on any atom is -0.454 e. The Hall–Kier alpha value is -0.690. The topological polar surface area (TPSA) is 74.2 Å². The van der Waals surface area contributed by atoms with Crippen molar-refractivity contribution in [2.75, 3.05) is 0 Å². The van der Waals surface area contributed by atoms with Crippen molar-refractivity contribution in [3.05, 3.63) is 0 Å². The fraction of sp³-hybridized carbons (Fsp3) is 0.889. The van der Waals surface area contributed by atoms with Crippen LogP contribution in [0.1, 0.15) is 13.8 Å². The minimum atomic E-state index is -1.23. The largest absolute Gasteiger partial charge is 0.454 e. The standard InChI is InChI=1S/C9H12O6/c1-9(2)14-6-5-4(13-8(6)15-9)3(10)7(11)12-5/h3-6,8,10H,1-2H3/t3-,4-,5-,6+,8+/m1/s1. The van der Waals surface area contributed by atoms with E-state index in [4.69, 9.17) is 18.9 Å². The maximum Gasteiger partial charge on any atom is 0.338 e. The second-order valence-corrected chi connectivity index (χ2v) is 4.42. The van der Waals surface area contributed by atoms with Crippen LogP contribution in [0, 0.1) is 0 Å². The summed E-state index contributed by atoms with van der Waals surface area (Å²) in [7, 11) is 0. The predicted octanol–water partition coefficient (Wildman–Crippen LogP) is -0.851. The van der Waals surface area contributed by atoms with E-state index in [0.29, 0.717) is 0 Å². The Balaban J connectivity index is 1.83. The highest BCUT2D eigenvalue weighted by molar-refractivity contribution is 5.78. The van der Waals surface area contributed by atoms with Crippen LogP contribution in [0.2, 0.25) is 0 Å². The van der Waals surface area contributed by atoms with Gasteiger partial charge in [-0.05, 0) is 13.8 Å². The highest BCUT2D eigenvalue weighted by Crippen LogP contribution is 2.42. The van der Waals surface area contributed by atoms with Gasteiger partial charge in [0.25, 0.3) is 0 Å². The van der Waals surface area contributed by atoms with Crippen molar-refractivity contribution in [2.24, 2.45) is 0 Å². The number of carbonyl (C=O) groups is 1. The molecular weight excluding hydrogens is 204 g/mol. The first-order valence-corrected chi connectivity index (χ1v) is 4.88. The molecule has 3 aliphatic heterocycles. The van der Waals surface area contributed by atoms with Crippen LogP contribution in [0.15, 0.2) is 0 Å². The molecule has 3 aliphatic rings. The molecule has 15 heavy (non-hydrogen) atoms. The number of aliphatic hydroxyl groups excluding tert-OH is 1. The van der Waals surface area contributed by atoms with Gasteiger partial charge in [0, 0.05) is 0 Å². The number of rotatable bonds is 0. The molecule has 0 aromatic heterocycles. The Morgan fingerprint density at radius 2 is 1.93 bits per heavy atom. The van der Waals surface area contributed by atoms with Crippen molar-refractivity contribution in [2.45, 2.75) is 50.3 Å². The number of hydrogen-bond acceptors (Lipinski definition) is 6. The monoisotopic (exact) mass is 216 g/mol. The summed E-state index contributed by atoms with van der Waals surface area (Å²) < 4.78 is 21.4. The van der Waals surface area contributed by atoms with Crippen LogP contribution < -0.4 is 0 Å². The Kier molecular flexibility index (Phi) is 1.72. The zero-order valence-corrected chi connectivity index (χ0v) is 8.38. The molecule has 84 valence electrons. The molecule has 0 aliphatic carbocycles. The van der Waals surface area contributed by atoms with Gasteiger partial charge in [-0.1, -0.05) is 0 Å². The Bertz CT molecular complexity index is 314. The smallest absolute Gasteiger partial charge is 0.338 e. The Morgan fingerprint density at radius 1 is 1.20 bits per heavy atom. The molecule has 0 saturated carbocycles. The van der Waals surface area contributed by atoms with Crippen molar-refractivity contribution >= 4 is 5.97 Å². The molecule has 3 fully saturated rings. The molecule has 0 bridgehead atoms. The first kappa shape index (κ1) is 9.53. The summed E-state index contributed by atoms with van der Waals surface area (Å²) in [5.41, 5.74) is 0. The van der Waals surface area contributed by atoms with Gasteiger partial charge in [-0.25, -0.2) is 4.79 Å². The summed E-state index contributed by atoms with van der Waals surface area (Å²) in [4.78, 5) is 11.1. The second kappa shape index (κ2) is 2.70. The normalized spacial score (nSPS) is 51.4. The molecule has 3 saturated heterocycles. The molecule has 6 nitrogen and oxygen atoms in total. The molecule has 1 N–H and O–H groups in total. The van der Waals surface area contributed by atoms with Crippen LogP contribution in [0.4, 0.5) is 0 Å². The highest BCUT2D eigenvalue weighted by Gasteiger charge is 2.62. The highest BCUT2D eigenvalue weighted by atomic mass is 16.8. The third-order valence-electron chi connectivity index (χ3n) is 2.83. The zero-order chi connectivity index (χ0) is 10.8. The molecule has 0 amide bonds. The number of esters is 1. The van der Waals surface area contributed by atoms with E-state index < -0.39 is 42.5 Å². The van der Waals surface area contributed by atoms with Gasteiger partial charge in [0.15, 0.2) is 30.4 Å². The van der Waals surface area contributed by atoms with Gasteiger partial charge in [0.05, 0.1) is 0 Å². The summed E-state index contributed by atoms with van der Waals surface area (Å²) in [5, 5.41) is 9.44. The van der Waals surface area contributed by atoms with Gasteiger partial charge in [0.2, 0.25) is 0 Å². The van der Waals surface area contributed by atoms with E-state index in [1.807, 2.05) is 0 Å². The van der Waals surface area contributed by atoms with Crippen LogP contribution in [-0.4, -0.2) is 47.6 Å². The summed E-state index contributed by atoms with van der Waals surface area (Å²) >= 11 is 0. The fourth-order valence-corrected chi connectivity index (χ4v) is 2.23. The molecule has 0 aromatic carbocycles. The predicted molar refractivity (Wildman–Crippen MR) is 44.6 cm³/mol. The number of hydrogen-bond donors (Lipinski definition) is 1. The minimum absolute atomic E-state index is 0.439. The SMILES string of the molecule is CC1(C)O[C@@H]2O[C@H]3[C@@H](OC(=O)[C@@H]3O)[C@@H]2O1. The van der Waals surface area contributed by atoms with Crippen LogP contribution in [0.3, 0.4) is 0 Å². The van der Waals surface area contributed by atoms with Crippen LogP contribution in [0.25, 0.3) is 0 Å². The average molecular weight is 216 g/mol. The van der Waals surface area contributed by atoms with E-state index in [2.05, 4.69) is 0 Å². The second-order valence-electron chi connectivity index (χ2n) is 4.42. The van der Waals surface area contributed by atoms with Gasteiger partial charge in [-0.2, -0.15) is 0 Å². The lowest BCUT2D eigenvalue weighted by atomic mass is 10.1. The van der Waals surface area contributed by atoms with E-state index in [1.165, 1.54) is 0 Å². The maximum absolute atomic E-state index is 11.1. The number of fused-ring (bicyclic) bond motifs is 3. The van der Waals surface area contributed by atoms with Gasteiger partial charge < -0.3 is 24.1 Å². The Morgan fingerprint density at radius 3 is 2.67 bits per heavy atom. The molecule has 0 aromatic rings. The number of ether oxygens (including phenoxy) is 4. The lowest BCUT2D eigenvalue weighted by Gasteiger charge is -2.20. The van der Waals surface area contributed by atoms with Crippen LogP contribution >= 0.6 is 0 Å². The first-order chi connectivity index (χ1) is 6.98.